The summed E-state index contributed by atoms with van der Waals surface area (Å²) >= 11 is 0. The second-order valence-corrected chi connectivity index (χ2v) is 5.86. The van der Waals surface area contributed by atoms with E-state index in [4.69, 9.17) is 16.9 Å². The number of hydrogen-bond donors (Lipinski definition) is 6. The number of fused-ring (bicyclic) bond motifs is 1. The first kappa shape index (κ1) is 22.2. The van der Waals surface area contributed by atoms with Gasteiger partial charge in [-0.2, -0.15) is 0 Å². The minimum atomic E-state index is -0.716. The molecule has 0 aliphatic heterocycles. The van der Waals surface area contributed by atoms with E-state index in [0.717, 1.165) is 10.8 Å². The van der Waals surface area contributed by atoms with Crippen LogP contribution >= 0.6 is 12.4 Å². The molecule has 0 saturated carbocycles. The number of nitrogens with two attached hydrogens (primary N) is 2. The smallest absolute Gasteiger partial charge is 0.246 e. The Labute approximate surface area is 164 Å². The van der Waals surface area contributed by atoms with E-state index in [2.05, 4.69) is 16.0 Å². The molecule has 2 amide bonds. The molecule has 2 aromatic rings. The molecular formula is C18H25ClN6O2. The first-order chi connectivity index (χ1) is 12.5. The monoisotopic (exact) mass is 392 g/mol. The van der Waals surface area contributed by atoms with Crippen molar-refractivity contribution in [1.29, 1.82) is 5.41 Å². The van der Waals surface area contributed by atoms with Gasteiger partial charge in [-0.3, -0.25) is 15.0 Å². The largest absolute Gasteiger partial charge is 0.370 e. The zero-order chi connectivity index (χ0) is 18.9. The third-order valence-electron chi connectivity index (χ3n) is 3.84. The Kier molecular flexibility index (Phi) is 9.04. The molecule has 27 heavy (non-hydrogen) atoms. The summed E-state index contributed by atoms with van der Waals surface area (Å²) in [7, 11) is 0. The molecule has 8 N–H and O–H groups in total. The zero-order valence-electron chi connectivity index (χ0n) is 14.8. The van der Waals surface area contributed by atoms with Crippen LogP contribution in [0.4, 0.5) is 5.69 Å². The van der Waals surface area contributed by atoms with Crippen molar-refractivity contribution in [3.05, 3.63) is 42.5 Å². The number of amides is 2. The van der Waals surface area contributed by atoms with Crippen LogP contribution in [-0.4, -0.2) is 36.9 Å². The van der Waals surface area contributed by atoms with Crippen LogP contribution in [-0.2, 0) is 9.59 Å². The molecule has 0 heterocycles. The van der Waals surface area contributed by atoms with Crippen LogP contribution in [0, 0.1) is 5.41 Å². The van der Waals surface area contributed by atoms with Crippen molar-refractivity contribution >= 4 is 46.6 Å². The molecule has 0 radical (unpaired) electrons. The molecule has 1 unspecified atom stereocenters. The minimum absolute atomic E-state index is 0. The lowest BCUT2D eigenvalue weighted by Gasteiger charge is -2.18. The maximum Gasteiger partial charge on any atom is 0.246 e. The lowest BCUT2D eigenvalue weighted by molar-refractivity contribution is -0.125. The summed E-state index contributed by atoms with van der Waals surface area (Å²) in [4.78, 5) is 24.2. The van der Waals surface area contributed by atoms with E-state index >= 15 is 0 Å². The zero-order valence-corrected chi connectivity index (χ0v) is 15.6. The topological polar surface area (TPSA) is 146 Å². The van der Waals surface area contributed by atoms with Gasteiger partial charge in [-0.15, -0.1) is 12.4 Å². The third-order valence-corrected chi connectivity index (χ3v) is 3.84. The molecule has 0 spiro atoms. The second kappa shape index (κ2) is 11.0. The van der Waals surface area contributed by atoms with Crippen molar-refractivity contribution < 1.29 is 9.59 Å². The van der Waals surface area contributed by atoms with Gasteiger partial charge in [-0.05, 0) is 35.7 Å². The Morgan fingerprint density at radius 3 is 2.48 bits per heavy atom. The molecule has 2 aromatic carbocycles. The molecule has 0 bridgehead atoms. The molecule has 0 aliphatic rings. The molecule has 2 rings (SSSR count). The fourth-order valence-corrected chi connectivity index (χ4v) is 2.55. The van der Waals surface area contributed by atoms with Gasteiger partial charge in [0.2, 0.25) is 11.8 Å². The van der Waals surface area contributed by atoms with Gasteiger partial charge in [0, 0.05) is 12.2 Å². The van der Waals surface area contributed by atoms with Crippen LogP contribution in [0.15, 0.2) is 42.5 Å². The Morgan fingerprint density at radius 1 is 1.11 bits per heavy atom. The maximum atomic E-state index is 12.6. The average Bonchev–Trinajstić information content (AvgIpc) is 2.63. The van der Waals surface area contributed by atoms with Crippen molar-refractivity contribution in [1.82, 2.24) is 10.6 Å². The van der Waals surface area contributed by atoms with E-state index in [9.17, 15) is 9.59 Å². The number of benzene rings is 2. The van der Waals surface area contributed by atoms with E-state index in [0.29, 0.717) is 25.1 Å². The molecule has 9 heteroatoms. The Morgan fingerprint density at radius 2 is 1.81 bits per heavy atom. The fraction of sp³-hybridized carbons (Fsp3) is 0.278. The van der Waals surface area contributed by atoms with Crippen LogP contribution in [0.1, 0.15) is 12.8 Å². The molecule has 1 atom stereocenters. The van der Waals surface area contributed by atoms with Crippen LogP contribution in [0.25, 0.3) is 10.8 Å². The first-order valence-electron chi connectivity index (χ1n) is 8.36. The molecule has 0 aromatic heterocycles. The quantitative estimate of drug-likeness (QED) is 0.224. The van der Waals surface area contributed by atoms with E-state index in [1.165, 1.54) is 0 Å². The van der Waals surface area contributed by atoms with Gasteiger partial charge in [-0.1, -0.05) is 30.3 Å². The highest BCUT2D eigenvalue weighted by molar-refractivity contribution is 5.99. The highest BCUT2D eigenvalue weighted by Crippen LogP contribution is 2.19. The summed E-state index contributed by atoms with van der Waals surface area (Å²) in [6, 6.07) is 12.8. The second-order valence-electron chi connectivity index (χ2n) is 5.86. The SMILES string of the molecule is Cl.N=C(N)NCCCC(NC(=O)CN)C(=O)Nc1ccc2ccccc2c1. The van der Waals surface area contributed by atoms with Gasteiger partial charge < -0.3 is 27.4 Å². The summed E-state index contributed by atoms with van der Waals surface area (Å²) in [5, 5.41) is 17.3. The van der Waals surface area contributed by atoms with Crippen LogP contribution < -0.4 is 27.4 Å². The van der Waals surface area contributed by atoms with E-state index < -0.39 is 11.9 Å². The number of nitrogens with one attached hydrogen (secondary N) is 4. The minimum Gasteiger partial charge on any atom is -0.370 e. The standard InChI is InChI=1S/C18H24N6O2.ClH/c19-11-16(25)24-15(6-3-9-22-18(20)21)17(26)23-14-8-7-12-4-1-2-5-13(12)10-14;/h1-2,4-5,7-8,10,15H,3,6,9,11,19H2,(H,23,26)(H,24,25)(H4,20,21,22);1H. The number of carbonyl (C=O) groups excluding carboxylic acids is 2. The summed E-state index contributed by atoms with van der Waals surface area (Å²) < 4.78 is 0. The Balaban J connectivity index is 0.00000364. The van der Waals surface area contributed by atoms with Crippen molar-refractivity contribution in [2.24, 2.45) is 11.5 Å². The van der Waals surface area contributed by atoms with Crippen molar-refractivity contribution in [3.8, 4) is 0 Å². The van der Waals surface area contributed by atoms with Crippen LogP contribution in [0.5, 0.6) is 0 Å². The van der Waals surface area contributed by atoms with E-state index in [-0.39, 0.29) is 30.8 Å². The van der Waals surface area contributed by atoms with Gasteiger partial charge in [0.05, 0.1) is 6.54 Å². The number of halogens is 1. The van der Waals surface area contributed by atoms with Crippen molar-refractivity contribution in [2.75, 3.05) is 18.4 Å². The van der Waals surface area contributed by atoms with Crippen LogP contribution in [0.3, 0.4) is 0 Å². The van der Waals surface area contributed by atoms with Gasteiger partial charge in [0.1, 0.15) is 6.04 Å². The Bertz CT molecular complexity index is 798. The number of anilines is 1. The highest BCUT2D eigenvalue weighted by atomic mass is 35.5. The number of carbonyl (C=O) groups is 2. The summed E-state index contributed by atoms with van der Waals surface area (Å²) in [5.74, 6) is -0.846. The van der Waals surface area contributed by atoms with E-state index in [1.807, 2.05) is 42.5 Å². The summed E-state index contributed by atoms with van der Waals surface area (Å²) in [6.45, 7) is 0.249. The van der Waals surface area contributed by atoms with Gasteiger partial charge in [0.25, 0.3) is 0 Å². The Hall–Kier alpha value is -2.84. The van der Waals surface area contributed by atoms with Crippen molar-refractivity contribution in [2.45, 2.75) is 18.9 Å². The molecule has 0 fully saturated rings. The highest BCUT2D eigenvalue weighted by Gasteiger charge is 2.20. The van der Waals surface area contributed by atoms with Gasteiger partial charge >= 0.3 is 0 Å². The molecule has 0 saturated heterocycles. The normalized spacial score (nSPS) is 11.1. The molecular weight excluding hydrogens is 368 g/mol. The predicted octanol–water partition coefficient (Wildman–Crippen LogP) is 0.907. The summed E-state index contributed by atoms with van der Waals surface area (Å²) in [6.07, 6.45) is 0.950. The van der Waals surface area contributed by atoms with Gasteiger partial charge in [-0.25, -0.2) is 0 Å². The molecule has 0 aliphatic carbocycles. The molecule has 8 nitrogen and oxygen atoms in total. The number of hydrogen-bond acceptors (Lipinski definition) is 4. The number of guanidine groups is 1. The maximum absolute atomic E-state index is 12.6. The lowest BCUT2D eigenvalue weighted by atomic mass is 10.1. The number of rotatable bonds is 8. The lowest BCUT2D eigenvalue weighted by Crippen LogP contribution is -2.46. The first-order valence-corrected chi connectivity index (χ1v) is 8.36. The summed E-state index contributed by atoms with van der Waals surface area (Å²) in [5.41, 5.74) is 11.2. The predicted molar refractivity (Wildman–Crippen MR) is 110 cm³/mol. The van der Waals surface area contributed by atoms with Gasteiger partial charge in [0.15, 0.2) is 5.96 Å². The molecule has 146 valence electrons. The third kappa shape index (κ3) is 7.12. The van der Waals surface area contributed by atoms with Crippen molar-refractivity contribution in [3.63, 3.8) is 0 Å². The van der Waals surface area contributed by atoms with E-state index in [1.54, 1.807) is 0 Å². The fourth-order valence-electron chi connectivity index (χ4n) is 2.55. The average molecular weight is 393 g/mol. The van der Waals surface area contributed by atoms with Crippen LogP contribution in [0.2, 0.25) is 0 Å².